The van der Waals surface area contributed by atoms with Crippen LogP contribution in [0.25, 0.3) is 0 Å². The molecular formula is C9H9NO2. The van der Waals surface area contributed by atoms with Crippen LogP contribution in [0.3, 0.4) is 0 Å². The maximum atomic E-state index is 10.8. The minimum Gasteiger partial charge on any atom is -0.356 e. The van der Waals surface area contributed by atoms with Gasteiger partial charge in [-0.1, -0.05) is 0 Å². The van der Waals surface area contributed by atoms with Crippen molar-refractivity contribution >= 4 is 5.78 Å². The lowest BCUT2D eigenvalue weighted by Gasteiger charge is -1.91. The van der Waals surface area contributed by atoms with Crippen LogP contribution < -0.4 is 0 Å². The molecule has 1 aliphatic rings. The first kappa shape index (κ1) is 7.43. The summed E-state index contributed by atoms with van der Waals surface area (Å²) in [5, 5.41) is 0. The van der Waals surface area contributed by atoms with E-state index >= 15 is 0 Å². The molecule has 2 atom stereocenters. The zero-order valence-corrected chi connectivity index (χ0v) is 6.73. The van der Waals surface area contributed by atoms with Crippen molar-refractivity contribution in [1.29, 1.82) is 0 Å². The largest absolute Gasteiger partial charge is 0.356 e. The average molecular weight is 163 g/mol. The summed E-state index contributed by atoms with van der Waals surface area (Å²) in [7, 11) is 0. The molecular weight excluding hydrogens is 154 g/mol. The van der Waals surface area contributed by atoms with E-state index in [1.54, 1.807) is 19.3 Å². The molecule has 1 saturated heterocycles. The molecule has 0 spiro atoms. The summed E-state index contributed by atoms with van der Waals surface area (Å²) in [5.41, 5.74) is 1.03. The highest BCUT2D eigenvalue weighted by Crippen LogP contribution is 2.38. The quantitative estimate of drug-likeness (QED) is 0.613. The number of hydrogen-bond donors (Lipinski definition) is 0. The molecule has 1 aromatic rings. The molecule has 2 rings (SSSR count). The summed E-state index contributed by atoms with van der Waals surface area (Å²) in [6.45, 7) is 1.55. The molecule has 0 radical (unpaired) electrons. The molecule has 0 aliphatic carbocycles. The number of ketones is 1. The number of rotatable bonds is 2. The molecule has 0 aromatic carbocycles. The van der Waals surface area contributed by atoms with Crippen molar-refractivity contribution in [2.24, 2.45) is 0 Å². The Kier molecular flexibility index (Phi) is 1.66. The van der Waals surface area contributed by atoms with Gasteiger partial charge in [-0.25, -0.2) is 0 Å². The highest BCUT2D eigenvalue weighted by molar-refractivity contribution is 5.83. The molecule has 0 N–H and O–H groups in total. The molecule has 1 aliphatic heterocycles. The smallest absolute Gasteiger partial charge is 0.161 e. The van der Waals surface area contributed by atoms with Crippen LogP contribution in [0.15, 0.2) is 24.5 Å². The van der Waals surface area contributed by atoms with E-state index in [0.717, 1.165) is 5.56 Å². The number of nitrogens with zero attached hydrogens (tertiary/aromatic N) is 1. The summed E-state index contributed by atoms with van der Waals surface area (Å²) < 4.78 is 5.19. The lowest BCUT2D eigenvalue weighted by molar-refractivity contribution is -0.118. The highest BCUT2D eigenvalue weighted by Gasteiger charge is 2.43. The van der Waals surface area contributed by atoms with E-state index in [0.29, 0.717) is 0 Å². The Balaban J connectivity index is 2.11. The molecule has 1 fully saturated rings. The number of epoxide rings is 1. The maximum Gasteiger partial charge on any atom is 0.161 e. The highest BCUT2D eigenvalue weighted by atomic mass is 16.6. The summed E-state index contributed by atoms with van der Waals surface area (Å²) in [6.07, 6.45) is 3.17. The maximum absolute atomic E-state index is 10.8. The van der Waals surface area contributed by atoms with Crippen molar-refractivity contribution < 1.29 is 9.53 Å². The Hall–Kier alpha value is -1.22. The Morgan fingerprint density at radius 1 is 1.50 bits per heavy atom. The SMILES string of the molecule is CC(=O)[C@@H]1O[C@@H]1c1ccncc1. The van der Waals surface area contributed by atoms with Gasteiger partial charge in [-0.3, -0.25) is 9.78 Å². The van der Waals surface area contributed by atoms with E-state index in [9.17, 15) is 4.79 Å². The van der Waals surface area contributed by atoms with Crippen LogP contribution >= 0.6 is 0 Å². The Morgan fingerprint density at radius 2 is 2.17 bits per heavy atom. The Bertz CT molecular complexity index is 297. The monoisotopic (exact) mass is 163 g/mol. The number of hydrogen-bond acceptors (Lipinski definition) is 3. The van der Waals surface area contributed by atoms with Crippen LogP contribution in [0.5, 0.6) is 0 Å². The van der Waals surface area contributed by atoms with Gasteiger partial charge in [-0.05, 0) is 24.6 Å². The van der Waals surface area contributed by atoms with E-state index in [1.165, 1.54) is 0 Å². The number of ether oxygens (including phenoxy) is 1. The van der Waals surface area contributed by atoms with Crippen molar-refractivity contribution in [3.8, 4) is 0 Å². The van der Waals surface area contributed by atoms with Crippen LogP contribution in [0.4, 0.5) is 0 Å². The van der Waals surface area contributed by atoms with Gasteiger partial charge in [0.25, 0.3) is 0 Å². The van der Waals surface area contributed by atoms with Crippen molar-refractivity contribution in [2.45, 2.75) is 19.1 Å². The third-order valence-corrected chi connectivity index (χ3v) is 1.93. The van der Waals surface area contributed by atoms with E-state index in [1.807, 2.05) is 12.1 Å². The normalized spacial score (nSPS) is 26.8. The second-order valence-electron chi connectivity index (χ2n) is 2.87. The molecule has 2 heterocycles. The van der Waals surface area contributed by atoms with E-state index in [-0.39, 0.29) is 18.0 Å². The fourth-order valence-corrected chi connectivity index (χ4v) is 1.23. The summed E-state index contributed by atoms with van der Waals surface area (Å²) >= 11 is 0. The third-order valence-electron chi connectivity index (χ3n) is 1.93. The van der Waals surface area contributed by atoms with Gasteiger partial charge in [0.15, 0.2) is 5.78 Å². The zero-order chi connectivity index (χ0) is 8.55. The van der Waals surface area contributed by atoms with E-state index in [2.05, 4.69) is 4.98 Å². The topological polar surface area (TPSA) is 42.5 Å². The number of pyridine rings is 1. The van der Waals surface area contributed by atoms with Gasteiger partial charge in [0.2, 0.25) is 0 Å². The molecule has 0 amide bonds. The fourth-order valence-electron chi connectivity index (χ4n) is 1.23. The molecule has 62 valence electrons. The molecule has 0 bridgehead atoms. The summed E-state index contributed by atoms with van der Waals surface area (Å²) in [5.74, 6) is 0.0943. The number of carbonyl (C=O) groups excluding carboxylic acids is 1. The lowest BCUT2D eigenvalue weighted by Crippen LogP contribution is -2.00. The Morgan fingerprint density at radius 3 is 2.67 bits per heavy atom. The van der Waals surface area contributed by atoms with Crippen molar-refractivity contribution in [3.63, 3.8) is 0 Å². The summed E-state index contributed by atoms with van der Waals surface area (Å²) in [6, 6.07) is 3.74. The predicted octanol–water partition coefficient (Wildman–Crippen LogP) is 1.11. The molecule has 0 unspecified atom stereocenters. The van der Waals surface area contributed by atoms with Crippen molar-refractivity contribution in [2.75, 3.05) is 0 Å². The Labute approximate surface area is 70.4 Å². The first-order chi connectivity index (χ1) is 5.79. The van der Waals surface area contributed by atoms with Gasteiger partial charge in [0, 0.05) is 12.4 Å². The van der Waals surface area contributed by atoms with Crippen molar-refractivity contribution in [1.82, 2.24) is 4.98 Å². The van der Waals surface area contributed by atoms with Crippen molar-refractivity contribution in [3.05, 3.63) is 30.1 Å². The van der Waals surface area contributed by atoms with Gasteiger partial charge >= 0.3 is 0 Å². The molecule has 1 aromatic heterocycles. The predicted molar refractivity (Wildman–Crippen MR) is 42.5 cm³/mol. The van der Waals surface area contributed by atoms with Gasteiger partial charge in [0.05, 0.1) is 0 Å². The minimum absolute atomic E-state index is 0.0227. The second-order valence-corrected chi connectivity index (χ2v) is 2.87. The van der Waals surface area contributed by atoms with Crippen LogP contribution in [-0.4, -0.2) is 16.9 Å². The van der Waals surface area contributed by atoms with Crippen LogP contribution in [0.1, 0.15) is 18.6 Å². The lowest BCUT2D eigenvalue weighted by atomic mass is 10.1. The fraction of sp³-hybridized carbons (Fsp3) is 0.333. The first-order valence-corrected chi connectivity index (χ1v) is 3.85. The third kappa shape index (κ3) is 1.23. The van der Waals surface area contributed by atoms with Gasteiger partial charge in [-0.2, -0.15) is 0 Å². The van der Waals surface area contributed by atoms with Crippen LogP contribution in [0, 0.1) is 0 Å². The molecule has 3 heteroatoms. The molecule has 12 heavy (non-hydrogen) atoms. The number of aromatic nitrogens is 1. The summed E-state index contributed by atoms with van der Waals surface area (Å²) in [4.78, 5) is 14.7. The van der Waals surface area contributed by atoms with E-state index in [4.69, 9.17) is 4.74 Å². The molecule has 3 nitrogen and oxygen atoms in total. The average Bonchev–Trinajstić information content (AvgIpc) is 2.84. The van der Waals surface area contributed by atoms with E-state index < -0.39 is 0 Å². The van der Waals surface area contributed by atoms with Crippen LogP contribution in [-0.2, 0) is 9.53 Å². The number of carbonyl (C=O) groups is 1. The standard InChI is InChI=1S/C9H9NO2/c1-6(11)8-9(12-8)7-2-4-10-5-3-7/h2-5,8-9H,1H3/t8-,9+/m0/s1. The van der Waals surface area contributed by atoms with Gasteiger partial charge < -0.3 is 4.74 Å². The minimum atomic E-state index is -0.215. The molecule has 0 saturated carbocycles. The number of Topliss-reactive ketones (excluding diaryl/α,β-unsaturated/α-hetero) is 1. The van der Waals surface area contributed by atoms with Gasteiger partial charge in [-0.15, -0.1) is 0 Å². The zero-order valence-electron chi connectivity index (χ0n) is 6.73. The van der Waals surface area contributed by atoms with Crippen LogP contribution in [0.2, 0.25) is 0 Å². The first-order valence-electron chi connectivity index (χ1n) is 3.85. The van der Waals surface area contributed by atoms with Gasteiger partial charge in [0.1, 0.15) is 12.2 Å². The second kappa shape index (κ2) is 2.68.